The van der Waals surface area contributed by atoms with E-state index < -0.39 is 0 Å². The van der Waals surface area contributed by atoms with E-state index >= 15 is 0 Å². The van der Waals surface area contributed by atoms with E-state index in [1.807, 2.05) is 48.6 Å². The van der Waals surface area contributed by atoms with Crippen LogP contribution in [-0.4, -0.2) is 33.0 Å². The number of ether oxygens (including phenoxy) is 1. The topological polar surface area (TPSA) is 69.0 Å². The van der Waals surface area contributed by atoms with Gasteiger partial charge in [-0.1, -0.05) is 24.8 Å². The lowest BCUT2D eigenvalue weighted by Crippen LogP contribution is -2.14. The number of nitrogens with zero attached hydrogens (tertiary/aromatic N) is 3. The van der Waals surface area contributed by atoms with Gasteiger partial charge in [0.25, 0.3) is 0 Å². The molecule has 0 spiro atoms. The Hall–Kier alpha value is -2.58. The van der Waals surface area contributed by atoms with Crippen LogP contribution in [0.4, 0.5) is 5.69 Å². The molecule has 1 atom stereocenters. The molecule has 1 aliphatic rings. The molecule has 1 unspecified atom stereocenters. The molecule has 1 N–H and O–H groups in total. The summed E-state index contributed by atoms with van der Waals surface area (Å²) >= 11 is 3.21. The predicted molar refractivity (Wildman–Crippen MR) is 132 cm³/mol. The fourth-order valence-corrected chi connectivity index (χ4v) is 5.87. The number of thiophene rings is 1. The lowest BCUT2D eigenvalue weighted by molar-refractivity contribution is -0.113. The maximum Gasteiger partial charge on any atom is 0.234 e. The Labute approximate surface area is 197 Å². The minimum absolute atomic E-state index is 0.0873. The molecule has 3 aromatic rings. The molecule has 0 bridgehead atoms. The number of thioether (sulfide) groups is 1. The second-order valence-corrected chi connectivity index (χ2v) is 9.81. The molecule has 32 heavy (non-hydrogen) atoms. The van der Waals surface area contributed by atoms with Crippen LogP contribution in [0.25, 0.3) is 11.4 Å². The highest BCUT2D eigenvalue weighted by atomic mass is 32.2. The summed E-state index contributed by atoms with van der Waals surface area (Å²) in [6.45, 7) is 9.37. The molecule has 1 aliphatic carbocycles. The molecule has 1 aromatic carbocycles. The first-order chi connectivity index (χ1) is 15.6. The van der Waals surface area contributed by atoms with Crippen LogP contribution in [0, 0.1) is 5.92 Å². The number of carbonyl (C=O) groups is 1. The molecule has 0 saturated carbocycles. The van der Waals surface area contributed by atoms with Gasteiger partial charge in [0.2, 0.25) is 5.91 Å². The van der Waals surface area contributed by atoms with Crippen LogP contribution < -0.4 is 10.1 Å². The highest BCUT2D eigenvalue weighted by Gasteiger charge is 2.24. The zero-order valence-corrected chi connectivity index (χ0v) is 20.1. The van der Waals surface area contributed by atoms with Crippen molar-refractivity contribution in [3.05, 3.63) is 52.7 Å². The third-order valence-electron chi connectivity index (χ3n) is 5.45. The summed E-state index contributed by atoms with van der Waals surface area (Å²) in [5.74, 6) is 2.55. The fourth-order valence-electron chi connectivity index (χ4n) is 3.88. The number of aromatic nitrogens is 3. The van der Waals surface area contributed by atoms with Gasteiger partial charge in [0.05, 0.1) is 12.4 Å². The second kappa shape index (κ2) is 10.4. The summed E-state index contributed by atoms with van der Waals surface area (Å²) in [6, 6.07) is 7.38. The van der Waals surface area contributed by atoms with E-state index in [0.717, 1.165) is 41.2 Å². The minimum Gasteiger partial charge on any atom is -0.494 e. The number of benzene rings is 1. The van der Waals surface area contributed by atoms with Gasteiger partial charge in [-0.05, 0) is 61.9 Å². The number of carbonyl (C=O) groups excluding carboxylic acids is 1. The maximum absolute atomic E-state index is 12.5. The number of rotatable bonds is 9. The quantitative estimate of drug-likeness (QED) is 0.334. The smallest absolute Gasteiger partial charge is 0.234 e. The third kappa shape index (κ3) is 5.07. The van der Waals surface area contributed by atoms with E-state index in [0.29, 0.717) is 13.2 Å². The molecule has 1 amide bonds. The van der Waals surface area contributed by atoms with Crippen LogP contribution in [0.2, 0.25) is 0 Å². The van der Waals surface area contributed by atoms with Gasteiger partial charge in [-0.15, -0.1) is 28.1 Å². The van der Waals surface area contributed by atoms with Crippen molar-refractivity contribution in [3.8, 4) is 17.1 Å². The van der Waals surface area contributed by atoms with E-state index in [2.05, 4.69) is 39.0 Å². The van der Waals surface area contributed by atoms with Crippen molar-refractivity contribution in [2.75, 3.05) is 17.7 Å². The van der Waals surface area contributed by atoms with Crippen LogP contribution in [0.3, 0.4) is 0 Å². The van der Waals surface area contributed by atoms with E-state index in [-0.39, 0.29) is 11.7 Å². The number of anilines is 1. The average Bonchev–Trinajstić information content (AvgIpc) is 3.37. The van der Waals surface area contributed by atoms with Gasteiger partial charge in [0, 0.05) is 28.1 Å². The Morgan fingerprint density at radius 2 is 2.19 bits per heavy atom. The highest BCUT2D eigenvalue weighted by Crippen LogP contribution is 2.38. The normalized spacial score (nSPS) is 15.2. The van der Waals surface area contributed by atoms with Gasteiger partial charge in [-0.2, -0.15) is 0 Å². The lowest BCUT2D eigenvalue weighted by Gasteiger charge is -2.19. The van der Waals surface area contributed by atoms with Gasteiger partial charge in [0.1, 0.15) is 5.75 Å². The van der Waals surface area contributed by atoms with E-state index in [1.165, 1.54) is 34.2 Å². The second-order valence-electron chi connectivity index (χ2n) is 7.90. The van der Waals surface area contributed by atoms with Gasteiger partial charge >= 0.3 is 0 Å². The fraction of sp³-hybridized carbons (Fsp3) is 0.375. The predicted octanol–water partition coefficient (Wildman–Crippen LogP) is 5.45. The minimum atomic E-state index is -0.0873. The summed E-state index contributed by atoms with van der Waals surface area (Å²) < 4.78 is 7.50. The molecule has 0 fully saturated rings. The number of nitrogens with one attached hydrogen (secondary N) is 1. The molecule has 0 aliphatic heterocycles. The SMILES string of the molecule is C=CCn1c(SCC(=O)Nc2ccc(OCC)cc2)nnc1-c1csc2c1CCC(C)C2. The molecule has 2 heterocycles. The zero-order chi connectivity index (χ0) is 22.5. The lowest BCUT2D eigenvalue weighted by atomic mass is 9.88. The van der Waals surface area contributed by atoms with Crippen molar-refractivity contribution in [3.63, 3.8) is 0 Å². The number of fused-ring (bicyclic) bond motifs is 1. The maximum atomic E-state index is 12.5. The van der Waals surface area contributed by atoms with Crippen LogP contribution in [-0.2, 0) is 24.2 Å². The van der Waals surface area contributed by atoms with Gasteiger partial charge in [-0.25, -0.2) is 0 Å². The first kappa shape index (κ1) is 22.6. The summed E-state index contributed by atoms with van der Waals surface area (Å²) in [5, 5.41) is 14.8. The van der Waals surface area contributed by atoms with Crippen molar-refractivity contribution in [1.29, 1.82) is 0 Å². The molecule has 0 radical (unpaired) electrons. The highest BCUT2D eigenvalue weighted by molar-refractivity contribution is 7.99. The van der Waals surface area contributed by atoms with Crippen molar-refractivity contribution in [2.45, 2.75) is 44.8 Å². The molecular formula is C24H28N4O2S2. The zero-order valence-electron chi connectivity index (χ0n) is 18.5. The van der Waals surface area contributed by atoms with Crippen molar-refractivity contribution in [1.82, 2.24) is 14.8 Å². The van der Waals surface area contributed by atoms with Gasteiger partial charge in [-0.3, -0.25) is 9.36 Å². The summed E-state index contributed by atoms with van der Waals surface area (Å²) in [7, 11) is 0. The van der Waals surface area contributed by atoms with Crippen molar-refractivity contribution >= 4 is 34.7 Å². The van der Waals surface area contributed by atoms with Crippen LogP contribution in [0.15, 0.2) is 47.5 Å². The molecule has 6 nitrogen and oxygen atoms in total. The van der Waals surface area contributed by atoms with Crippen LogP contribution in [0.5, 0.6) is 5.75 Å². The number of hydrogen-bond acceptors (Lipinski definition) is 6. The average molecular weight is 469 g/mol. The van der Waals surface area contributed by atoms with Gasteiger partial charge < -0.3 is 10.1 Å². The summed E-state index contributed by atoms with van der Waals surface area (Å²) in [4.78, 5) is 14.0. The first-order valence-corrected chi connectivity index (χ1v) is 12.7. The monoisotopic (exact) mass is 468 g/mol. The molecule has 0 saturated heterocycles. The molecule has 2 aromatic heterocycles. The van der Waals surface area contributed by atoms with Crippen molar-refractivity contribution < 1.29 is 9.53 Å². The van der Waals surface area contributed by atoms with Crippen LogP contribution >= 0.6 is 23.1 Å². The first-order valence-electron chi connectivity index (χ1n) is 10.9. The molecule has 8 heteroatoms. The van der Waals surface area contributed by atoms with E-state index in [9.17, 15) is 4.79 Å². The van der Waals surface area contributed by atoms with E-state index in [4.69, 9.17) is 4.74 Å². The number of hydrogen-bond donors (Lipinski definition) is 1. The largest absolute Gasteiger partial charge is 0.494 e. The summed E-state index contributed by atoms with van der Waals surface area (Å²) in [6.07, 6.45) is 5.28. The Morgan fingerprint density at radius 1 is 1.38 bits per heavy atom. The Kier molecular flexibility index (Phi) is 7.32. The molecular weight excluding hydrogens is 440 g/mol. The standard InChI is InChI=1S/C24H28N4O2S2/c1-4-12-28-23(20-14-31-21-13-16(3)6-11-19(20)21)26-27-24(28)32-15-22(29)25-17-7-9-18(10-8-17)30-5-2/h4,7-10,14,16H,1,5-6,11-13,15H2,2-3H3,(H,25,29). The van der Waals surface area contributed by atoms with Crippen LogP contribution in [0.1, 0.15) is 30.7 Å². The number of allylic oxidation sites excluding steroid dienone is 1. The number of amides is 1. The Bertz CT molecular complexity index is 1090. The third-order valence-corrected chi connectivity index (χ3v) is 7.47. The van der Waals surface area contributed by atoms with Crippen molar-refractivity contribution in [2.24, 2.45) is 5.92 Å². The summed E-state index contributed by atoms with van der Waals surface area (Å²) in [5.41, 5.74) is 3.33. The molecule has 168 valence electrons. The van der Waals surface area contributed by atoms with Gasteiger partial charge in [0.15, 0.2) is 11.0 Å². The molecule has 4 rings (SSSR count). The Balaban J connectivity index is 1.45. The Morgan fingerprint density at radius 3 is 2.94 bits per heavy atom. The van der Waals surface area contributed by atoms with E-state index in [1.54, 1.807) is 0 Å².